The van der Waals surface area contributed by atoms with Gasteiger partial charge in [-0.25, -0.2) is 4.79 Å². The number of carbonyl (C=O) groups is 1. The number of carbonyl (C=O) groups excluding carboxylic acids is 1. The quantitative estimate of drug-likeness (QED) is 0.507. The molecule has 0 bridgehead atoms. The molecule has 0 aromatic heterocycles. The van der Waals surface area contributed by atoms with E-state index in [0.29, 0.717) is 6.54 Å². The Hall–Kier alpha value is -0.810. The lowest BCUT2D eigenvalue weighted by Crippen LogP contribution is -2.33. The van der Waals surface area contributed by atoms with Gasteiger partial charge in [-0.15, -0.1) is 0 Å². The van der Waals surface area contributed by atoms with Crippen LogP contribution in [0.5, 0.6) is 0 Å². The van der Waals surface area contributed by atoms with E-state index < -0.39 is 5.60 Å². The predicted octanol–water partition coefficient (Wildman–Crippen LogP) is 3.52. The van der Waals surface area contributed by atoms with Gasteiger partial charge in [0.15, 0.2) is 0 Å². The summed E-state index contributed by atoms with van der Waals surface area (Å²) in [5.74, 6) is 0. The first kappa shape index (κ1) is 22.2. The Morgan fingerprint density at radius 3 is 2.00 bits per heavy atom. The Morgan fingerprint density at radius 2 is 1.48 bits per heavy atom. The molecule has 1 amide bonds. The summed E-state index contributed by atoms with van der Waals surface area (Å²) >= 11 is 0. The van der Waals surface area contributed by atoms with Crippen LogP contribution < -0.4 is 11.1 Å². The number of ether oxygens (including phenoxy) is 1. The van der Waals surface area contributed by atoms with E-state index in [9.17, 15) is 4.79 Å². The van der Waals surface area contributed by atoms with Crippen molar-refractivity contribution < 1.29 is 9.53 Å². The number of nitrogens with one attached hydrogen (secondary N) is 1. The van der Waals surface area contributed by atoms with Crippen LogP contribution in [0.3, 0.4) is 0 Å². The number of nitrogens with two attached hydrogens (primary N) is 1. The highest BCUT2D eigenvalue weighted by atomic mass is 16.6. The van der Waals surface area contributed by atoms with Crippen molar-refractivity contribution in [3.63, 3.8) is 0 Å². The first-order valence-electron chi connectivity index (χ1n) is 9.20. The molecule has 0 aliphatic heterocycles. The van der Waals surface area contributed by atoms with Crippen molar-refractivity contribution in [3.05, 3.63) is 0 Å². The van der Waals surface area contributed by atoms with Crippen LogP contribution in [0.15, 0.2) is 0 Å². The second-order valence-electron chi connectivity index (χ2n) is 7.35. The average molecular weight is 330 g/mol. The number of nitrogens with zero attached hydrogens (tertiary/aromatic N) is 1. The zero-order valence-corrected chi connectivity index (χ0v) is 15.8. The van der Waals surface area contributed by atoms with Crippen molar-refractivity contribution in [2.45, 2.75) is 77.7 Å². The maximum atomic E-state index is 11.5. The Bertz CT molecular complexity index is 290. The molecule has 0 saturated carbocycles. The van der Waals surface area contributed by atoms with Crippen molar-refractivity contribution in [1.82, 2.24) is 10.2 Å². The van der Waals surface area contributed by atoms with E-state index in [1.54, 1.807) is 0 Å². The lowest BCUT2D eigenvalue weighted by Gasteiger charge is -2.19. The van der Waals surface area contributed by atoms with Crippen LogP contribution in [-0.4, -0.2) is 49.8 Å². The fourth-order valence-corrected chi connectivity index (χ4v) is 2.36. The molecular weight excluding hydrogens is 290 g/mol. The second kappa shape index (κ2) is 13.6. The fraction of sp³-hybridized carbons (Fsp3) is 0.944. The molecule has 0 heterocycles. The lowest BCUT2D eigenvalue weighted by atomic mass is 10.1. The van der Waals surface area contributed by atoms with E-state index in [0.717, 1.165) is 32.4 Å². The summed E-state index contributed by atoms with van der Waals surface area (Å²) in [7, 11) is 2.20. The molecule has 0 fully saturated rings. The fourth-order valence-electron chi connectivity index (χ4n) is 2.36. The highest BCUT2D eigenvalue weighted by Gasteiger charge is 2.15. The number of rotatable bonds is 13. The van der Waals surface area contributed by atoms with Gasteiger partial charge in [0.05, 0.1) is 0 Å². The number of alkyl carbamates (subject to hydrolysis) is 1. The minimum atomic E-state index is -0.418. The molecule has 0 unspecified atom stereocenters. The van der Waals surface area contributed by atoms with Crippen molar-refractivity contribution in [3.8, 4) is 0 Å². The van der Waals surface area contributed by atoms with Gasteiger partial charge < -0.3 is 20.7 Å². The smallest absolute Gasteiger partial charge is 0.407 e. The molecule has 0 rings (SSSR count). The normalized spacial score (nSPS) is 11.7. The third-order valence-corrected chi connectivity index (χ3v) is 3.63. The maximum Gasteiger partial charge on any atom is 0.407 e. The topological polar surface area (TPSA) is 67.6 Å². The van der Waals surface area contributed by atoms with Gasteiger partial charge in [-0.3, -0.25) is 0 Å². The van der Waals surface area contributed by atoms with Crippen LogP contribution in [0.1, 0.15) is 72.1 Å². The molecule has 138 valence electrons. The van der Waals surface area contributed by atoms with Crippen LogP contribution in [0, 0.1) is 0 Å². The van der Waals surface area contributed by atoms with E-state index in [2.05, 4.69) is 17.3 Å². The number of hydrogen-bond acceptors (Lipinski definition) is 4. The Kier molecular flexibility index (Phi) is 13.1. The van der Waals surface area contributed by atoms with Gasteiger partial charge in [0, 0.05) is 6.54 Å². The van der Waals surface area contributed by atoms with Crippen LogP contribution in [0.2, 0.25) is 0 Å². The van der Waals surface area contributed by atoms with Gasteiger partial charge in [0.2, 0.25) is 0 Å². The van der Waals surface area contributed by atoms with Crippen molar-refractivity contribution in [1.29, 1.82) is 0 Å². The van der Waals surface area contributed by atoms with Crippen molar-refractivity contribution in [2.75, 3.05) is 33.2 Å². The van der Waals surface area contributed by atoms with E-state index in [1.807, 2.05) is 20.8 Å². The Labute approximate surface area is 143 Å². The van der Waals surface area contributed by atoms with Crippen molar-refractivity contribution in [2.24, 2.45) is 5.73 Å². The van der Waals surface area contributed by atoms with Crippen LogP contribution >= 0.6 is 0 Å². The first-order chi connectivity index (χ1) is 10.8. The van der Waals surface area contributed by atoms with Gasteiger partial charge >= 0.3 is 6.09 Å². The summed E-state index contributed by atoms with van der Waals surface area (Å²) in [5.41, 5.74) is 5.07. The summed E-state index contributed by atoms with van der Waals surface area (Å²) in [5, 5.41) is 2.80. The molecule has 23 heavy (non-hydrogen) atoms. The number of unbranched alkanes of at least 4 members (excludes halogenated alkanes) is 6. The number of amides is 1. The molecule has 0 spiro atoms. The Morgan fingerprint density at radius 1 is 0.957 bits per heavy atom. The van der Waals surface area contributed by atoms with E-state index in [1.165, 1.54) is 38.6 Å². The molecule has 0 aliphatic rings. The molecule has 3 N–H and O–H groups in total. The standard InChI is InChI=1S/C18H39N3O2/c1-18(2,3)23-17(22)20-14-10-6-8-12-16-21(4)15-11-7-5-9-13-19/h5-16,19H2,1-4H3,(H,20,22). The average Bonchev–Trinajstić information content (AvgIpc) is 2.44. The molecule has 5 heteroatoms. The second-order valence-corrected chi connectivity index (χ2v) is 7.35. The summed E-state index contributed by atoms with van der Waals surface area (Å²) in [4.78, 5) is 13.9. The van der Waals surface area contributed by atoms with Gasteiger partial charge in [0.1, 0.15) is 5.60 Å². The number of hydrogen-bond donors (Lipinski definition) is 2. The SMILES string of the molecule is CN(CCCCCCN)CCCCCCNC(=O)OC(C)(C)C. The minimum absolute atomic E-state index is 0.313. The molecule has 0 aromatic carbocycles. The first-order valence-corrected chi connectivity index (χ1v) is 9.20. The summed E-state index contributed by atoms with van der Waals surface area (Å²) in [6.07, 6.45) is 9.28. The Balaban J connectivity index is 3.33. The van der Waals surface area contributed by atoms with Gasteiger partial charge in [-0.05, 0) is 73.1 Å². The monoisotopic (exact) mass is 329 g/mol. The molecule has 0 atom stereocenters. The van der Waals surface area contributed by atoms with Crippen LogP contribution in [-0.2, 0) is 4.74 Å². The summed E-state index contributed by atoms with van der Waals surface area (Å²) < 4.78 is 5.20. The van der Waals surface area contributed by atoms with Gasteiger partial charge in [-0.1, -0.05) is 25.7 Å². The lowest BCUT2D eigenvalue weighted by molar-refractivity contribution is 0.0527. The van der Waals surface area contributed by atoms with E-state index in [4.69, 9.17) is 10.5 Å². The molecule has 0 saturated heterocycles. The maximum absolute atomic E-state index is 11.5. The van der Waals surface area contributed by atoms with Crippen LogP contribution in [0.25, 0.3) is 0 Å². The zero-order valence-electron chi connectivity index (χ0n) is 15.8. The largest absolute Gasteiger partial charge is 0.444 e. The molecular formula is C18H39N3O2. The molecule has 5 nitrogen and oxygen atoms in total. The van der Waals surface area contributed by atoms with Gasteiger partial charge in [0.25, 0.3) is 0 Å². The third-order valence-electron chi connectivity index (χ3n) is 3.63. The molecule has 0 aliphatic carbocycles. The van der Waals surface area contributed by atoms with Crippen molar-refractivity contribution >= 4 is 6.09 Å². The zero-order chi connectivity index (χ0) is 17.6. The summed E-state index contributed by atoms with van der Waals surface area (Å²) in [6, 6.07) is 0. The van der Waals surface area contributed by atoms with E-state index >= 15 is 0 Å². The predicted molar refractivity (Wildman–Crippen MR) is 97.7 cm³/mol. The minimum Gasteiger partial charge on any atom is -0.444 e. The highest BCUT2D eigenvalue weighted by molar-refractivity contribution is 5.67. The molecule has 0 radical (unpaired) electrons. The third kappa shape index (κ3) is 17.4. The molecule has 0 aromatic rings. The van der Waals surface area contributed by atoms with E-state index in [-0.39, 0.29) is 6.09 Å². The highest BCUT2D eigenvalue weighted by Crippen LogP contribution is 2.07. The van der Waals surface area contributed by atoms with Gasteiger partial charge in [-0.2, -0.15) is 0 Å². The summed E-state index contributed by atoms with van der Waals surface area (Å²) in [6.45, 7) is 9.50. The van der Waals surface area contributed by atoms with Crippen LogP contribution in [0.4, 0.5) is 4.79 Å².